The molecule has 0 radical (unpaired) electrons. The van der Waals surface area contributed by atoms with Crippen molar-refractivity contribution in [3.8, 4) is 5.75 Å². The van der Waals surface area contributed by atoms with Gasteiger partial charge in [0.25, 0.3) is 6.01 Å². The van der Waals surface area contributed by atoms with Crippen molar-refractivity contribution in [3.05, 3.63) is 40.7 Å². The molecule has 0 fully saturated rings. The summed E-state index contributed by atoms with van der Waals surface area (Å²) in [4.78, 5) is 3.77. The summed E-state index contributed by atoms with van der Waals surface area (Å²) in [6, 6.07) is 7.72. The van der Waals surface area contributed by atoms with Crippen LogP contribution >= 0.6 is 15.9 Å². The molecule has 0 saturated heterocycles. The Hall–Kier alpha value is -1.49. The first kappa shape index (κ1) is 10.0. The largest absolute Gasteiger partial charge is 0.486 e. The van der Waals surface area contributed by atoms with Gasteiger partial charge in [0.2, 0.25) is 0 Å². The molecule has 4 nitrogen and oxygen atoms in total. The van der Waals surface area contributed by atoms with Crippen molar-refractivity contribution in [1.29, 1.82) is 0 Å². The summed E-state index contributed by atoms with van der Waals surface area (Å²) >= 11 is 3.36. The van der Waals surface area contributed by atoms with Gasteiger partial charge in [-0.15, -0.1) is 0 Å². The molecule has 5 heteroatoms. The van der Waals surface area contributed by atoms with Crippen LogP contribution in [0.2, 0.25) is 0 Å². The molecule has 2 N–H and O–H groups in total. The zero-order valence-corrected chi connectivity index (χ0v) is 9.40. The summed E-state index contributed by atoms with van der Waals surface area (Å²) in [5, 5.41) is 0. The van der Waals surface area contributed by atoms with E-state index in [1.54, 1.807) is 6.20 Å². The smallest absolute Gasteiger partial charge is 0.292 e. The van der Waals surface area contributed by atoms with Crippen LogP contribution in [0.1, 0.15) is 5.76 Å². The first-order valence-corrected chi connectivity index (χ1v) is 5.12. The standard InChI is InChI=1S/C10H9BrN2O2/c11-7-2-1-3-8(4-7)14-6-9-5-13-10(12)15-9/h1-5H,6H2,(H2,12,13). The summed E-state index contributed by atoms with van der Waals surface area (Å²) in [6.45, 7) is 0.320. The number of aromatic nitrogens is 1. The first-order chi connectivity index (χ1) is 7.24. The predicted molar refractivity (Wildman–Crippen MR) is 59.4 cm³/mol. The first-order valence-electron chi connectivity index (χ1n) is 4.32. The number of rotatable bonds is 3. The fourth-order valence-electron chi connectivity index (χ4n) is 1.10. The van der Waals surface area contributed by atoms with E-state index in [2.05, 4.69) is 20.9 Å². The maximum Gasteiger partial charge on any atom is 0.292 e. The van der Waals surface area contributed by atoms with Crippen LogP contribution in [0.5, 0.6) is 5.75 Å². The van der Waals surface area contributed by atoms with Crippen LogP contribution in [0.3, 0.4) is 0 Å². The third kappa shape index (κ3) is 2.73. The lowest BCUT2D eigenvalue weighted by atomic mass is 10.3. The van der Waals surface area contributed by atoms with Gasteiger partial charge in [-0.3, -0.25) is 0 Å². The van der Waals surface area contributed by atoms with E-state index in [0.29, 0.717) is 12.4 Å². The van der Waals surface area contributed by atoms with Gasteiger partial charge in [-0.05, 0) is 18.2 Å². The van der Waals surface area contributed by atoms with Crippen molar-refractivity contribution in [1.82, 2.24) is 4.98 Å². The van der Waals surface area contributed by atoms with Crippen molar-refractivity contribution >= 4 is 21.9 Å². The van der Waals surface area contributed by atoms with E-state index >= 15 is 0 Å². The van der Waals surface area contributed by atoms with E-state index in [9.17, 15) is 0 Å². The number of nitrogen functional groups attached to an aromatic ring is 1. The molecule has 0 bridgehead atoms. The highest BCUT2D eigenvalue weighted by atomic mass is 79.9. The predicted octanol–water partition coefficient (Wildman–Crippen LogP) is 2.60. The van der Waals surface area contributed by atoms with Gasteiger partial charge in [0.15, 0.2) is 5.76 Å². The monoisotopic (exact) mass is 268 g/mol. The molecule has 0 aliphatic carbocycles. The average Bonchev–Trinajstić information content (AvgIpc) is 2.62. The third-order valence-corrected chi connectivity index (χ3v) is 2.24. The van der Waals surface area contributed by atoms with Gasteiger partial charge in [0, 0.05) is 4.47 Å². The molecule has 0 unspecified atom stereocenters. The van der Waals surface area contributed by atoms with E-state index in [1.807, 2.05) is 24.3 Å². The van der Waals surface area contributed by atoms with Gasteiger partial charge >= 0.3 is 0 Å². The van der Waals surface area contributed by atoms with E-state index in [0.717, 1.165) is 10.2 Å². The second-order valence-electron chi connectivity index (χ2n) is 2.91. The summed E-state index contributed by atoms with van der Waals surface area (Å²) < 4.78 is 11.5. The Morgan fingerprint density at radius 1 is 1.47 bits per heavy atom. The second kappa shape index (κ2) is 4.35. The number of hydrogen-bond donors (Lipinski definition) is 1. The number of anilines is 1. The van der Waals surface area contributed by atoms with Crippen LogP contribution in [0.25, 0.3) is 0 Å². The minimum Gasteiger partial charge on any atom is -0.486 e. The number of oxazole rings is 1. The van der Waals surface area contributed by atoms with Crippen LogP contribution in [0.4, 0.5) is 6.01 Å². The average molecular weight is 269 g/mol. The van der Waals surface area contributed by atoms with Crippen molar-refractivity contribution in [3.63, 3.8) is 0 Å². The van der Waals surface area contributed by atoms with Gasteiger partial charge in [0.1, 0.15) is 12.4 Å². The van der Waals surface area contributed by atoms with Gasteiger partial charge in [-0.1, -0.05) is 22.0 Å². The minimum atomic E-state index is 0.155. The summed E-state index contributed by atoms with van der Waals surface area (Å²) in [5.41, 5.74) is 5.33. The number of ether oxygens (including phenoxy) is 1. The molecule has 1 aromatic heterocycles. The highest BCUT2D eigenvalue weighted by Crippen LogP contribution is 2.19. The zero-order chi connectivity index (χ0) is 10.7. The number of halogens is 1. The lowest BCUT2D eigenvalue weighted by Gasteiger charge is -2.03. The van der Waals surface area contributed by atoms with Gasteiger partial charge < -0.3 is 14.9 Å². The van der Waals surface area contributed by atoms with Gasteiger partial charge in [-0.2, -0.15) is 0 Å². The highest BCUT2D eigenvalue weighted by molar-refractivity contribution is 9.10. The Kier molecular flexibility index (Phi) is 2.91. The Balaban J connectivity index is 1.99. The Bertz CT molecular complexity index is 456. The Morgan fingerprint density at radius 2 is 2.33 bits per heavy atom. The summed E-state index contributed by atoms with van der Waals surface area (Å²) in [6.07, 6.45) is 1.55. The topological polar surface area (TPSA) is 61.3 Å². The fourth-order valence-corrected chi connectivity index (χ4v) is 1.48. The Morgan fingerprint density at radius 3 is 3.00 bits per heavy atom. The van der Waals surface area contributed by atoms with Crippen molar-refractivity contribution in [2.24, 2.45) is 0 Å². The molecular weight excluding hydrogens is 260 g/mol. The van der Waals surface area contributed by atoms with Crippen LogP contribution in [0, 0.1) is 0 Å². The van der Waals surface area contributed by atoms with Crippen LogP contribution in [-0.4, -0.2) is 4.98 Å². The van der Waals surface area contributed by atoms with Crippen LogP contribution in [-0.2, 0) is 6.61 Å². The second-order valence-corrected chi connectivity index (χ2v) is 3.83. The zero-order valence-electron chi connectivity index (χ0n) is 7.81. The molecular formula is C10H9BrN2O2. The van der Waals surface area contributed by atoms with Crippen LogP contribution in [0.15, 0.2) is 39.4 Å². The highest BCUT2D eigenvalue weighted by Gasteiger charge is 2.01. The number of nitrogens with zero attached hydrogens (tertiary/aromatic N) is 1. The summed E-state index contributed by atoms with van der Waals surface area (Å²) in [7, 11) is 0. The molecule has 1 heterocycles. The minimum absolute atomic E-state index is 0.155. The van der Waals surface area contributed by atoms with E-state index in [-0.39, 0.29) is 6.01 Å². The number of benzene rings is 1. The third-order valence-electron chi connectivity index (χ3n) is 1.75. The van der Waals surface area contributed by atoms with E-state index in [4.69, 9.17) is 14.9 Å². The molecule has 0 saturated carbocycles. The van der Waals surface area contributed by atoms with E-state index < -0.39 is 0 Å². The maximum absolute atomic E-state index is 5.47. The van der Waals surface area contributed by atoms with Gasteiger partial charge in [-0.25, -0.2) is 4.98 Å². The molecule has 15 heavy (non-hydrogen) atoms. The molecule has 2 aromatic rings. The van der Waals surface area contributed by atoms with Crippen LogP contribution < -0.4 is 10.5 Å². The van der Waals surface area contributed by atoms with Gasteiger partial charge in [0.05, 0.1) is 6.20 Å². The van der Waals surface area contributed by atoms with Crippen molar-refractivity contribution in [2.45, 2.75) is 6.61 Å². The quantitative estimate of drug-likeness (QED) is 0.930. The molecule has 0 aliphatic heterocycles. The molecule has 1 aromatic carbocycles. The number of nitrogens with two attached hydrogens (primary N) is 1. The maximum atomic E-state index is 5.47. The molecule has 2 rings (SSSR count). The molecule has 0 amide bonds. The molecule has 78 valence electrons. The molecule has 0 spiro atoms. The van der Waals surface area contributed by atoms with E-state index in [1.165, 1.54) is 0 Å². The summed E-state index contributed by atoms with van der Waals surface area (Å²) in [5.74, 6) is 1.37. The molecule has 0 aliphatic rings. The lowest BCUT2D eigenvalue weighted by Crippen LogP contribution is -1.93. The SMILES string of the molecule is Nc1ncc(COc2cccc(Br)c2)o1. The van der Waals surface area contributed by atoms with Crippen molar-refractivity contribution < 1.29 is 9.15 Å². The normalized spacial score (nSPS) is 10.2. The van der Waals surface area contributed by atoms with Crippen molar-refractivity contribution in [2.75, 3.05) is 5.73 Å². The Labute approximate surface area is 95.2 Å². The number of hydrogen-bond acceptors (Lipinski definition) is 4. The lowest BCUT2D eigenvalue weighted by molar-refractivity contribution is 0.272. The molecule has 0 atom stereocenters. The fraction of sp³-hybridized carbons (Fsp3) is 0.100.